The summed E-state index contributed by atoms with van der Waals surface area (Å²) in [6, 6.07) is 0.818. The van der Waals surface area contributed by atoms with Crippen molar-refractivity contribution in [3.05, 3.63) is 0 Å². The molecule has 4 nitrogen and oxygen atoms in total. The van der Waals surface area contributed by atoms with Crippen LogP contribution in [0.4, 0.5) is 0 Å². The van der Waals surface area contributed by atoms with Gasteiger partial charge in [0.1, 0.15) is 5.38 Å². The first-order chi connectivity index (χ1) is 7.16. The smallest absolute Gasteiger partial charge is 0.322 e. The minimum atomic E-state index is -0.915. The molecule has 2 rings (SSSR count). The molecule has 2 aliphatic rings. The first-order valence-electron chi connectivity index (χ1n) is 5.50. The molecule has 5 heteroatoms. The molecule has 0 bridgehead atoms. The van der Waals surface area contributed by atoms with Crippen molar-refractivity contribution < 1.29 is 9.90 Å². The number of aliphatic carboxylic acids is 1. The standard InChI is InChI=1S/C10H17ClN2O2/c11-9(10(14)15)7-12-3-5-13(6-4-12)8-1-2-8/h8-9H,1-7H2,(H,14,15). The van der Waals surface area contributed by atoms with E-state index in [-0.39, 0.29) is 0 Å². The number of carbonyl (C=O) groups is 1. The maximum absolute atomic E-state index is 10.6. The molecule has 1 unspecified atom stereocenters. The van der Waals surface area contributed by atoms with Crippen molar-refractivity contribution in [3.8, 4) is 0 Å². The van der Waals surface area contributed by atoms with E-state index in [1.807, 2.05) is 0 Å². The quantitative estimate of drug-likeness (QED) is 0.716. The third kappa shape index (κ3) is 3.06. The summed E-state index contributed by atoms with van der Waals surface area (Å²) in [7, 11) is 0. The molecule has 15 heavy (non-hydrogen) atoms. The molecule has 1 aliphatic carbocycles. The summed E-state index contributed by atoms with van der Waals surface area (Å²) in [6.45, 7) is 4.50. The number of carboxylic acids is 1. The summed E-state index contributed by atoms with van der Waals surface area (Å²) in [6.07, 6.45) is 2.68. The third-order valence-corrected chi connectivity index (χ3v) is 3.48. The Labute approximate surface area is 94.8 Å². The molecule has 1 saturated heterocycles. The van der Waals surface area contributed by atoms with Gasteiger partial charge in [-0.1, -0.05) is 0 Å². The van der Waals surface area contributed by atoms with Crippen molar-refractivity contribution in [2.75, 3.05) is 32.7 Å². The number of rotatable bonds is 4. The molecule has 1 atom stereocenters. The highest BCUT2D eigenvalue weighted by atomic mass is 35.5. The number of carboxylic acid groups (broad SMARTS) is 1. The zero-order valence-corrected chi connectivity index (χ0v) is 9.49. The molecule has 0 radical (unpaired) electrons. The molecule has 2 fully saturated rings. The van der Waals surface area contributed by atoms with Crippen LogP contribution in [0.15, 0.2) is 0 Å². The largest absolute Gasteiger partial charge is 0.480 e. The third-order valence-electron chi connectivity index (χ3n) is 3.16. The number of nitrogens with zero attached hydrogens (tertiary/aromatic N) is 2. The molecular formula is C10H17ClN2O2. The van der Waals surface area contributed by atoms with Gasteiger partial charge < -0.3 is 5.11 Å². The average Bonchev–Trinajstić information content (AvgIpc) is 3.02. The van der Waals surface area contributed by atoms with Gasteiger partial charge in [-0.3, -0.25) is 14.6 Å². The molecule has 1 N–H and O–H groups in total. The number of halogens is 1. The number of piperazine rings is 1. The summed E-state index contributed by atoms with van der Waals surface area (Å²) >= 11 is 5.71. The fourth-order valence-electron chi connectivity index (χ4n) is 2.06. The van der Waals surface area contributed by atoms with E-state index in [0.29, 0.717) is 6.54 Å². The average molecular weight is 233 g/mol. The van der Waals surface area contributed by atoms with Crippen LogP contribution < -0.4 is 0 Å². The topological polar surface area (TPSA) is 43.8 Å². The van der Waals surface area contributed by atoms with Gasteiger partial charge in [0.05, 0.1) is 0 Å². The van der Waals surface area contributed by atoms with Crippen molar-refractivity contribution in [1.29, 1.82) is 0 Å². The fraction of sp³-hybridized carbons (Fsp3) is 0.900. The lowest BCUT2D eigenvalue weighted by atomic mass is 10.3. The minimum Gasteiger partial charge on any atom is -0.480 e. The lowest BCUT2D eigenvalue weighted by molar-refractivity contribution is -0.137. The lowest BCUT2D eigenvalue weighted by Gasteiger charge is -2.35. The van der Waals surface area contributed by atoms with Gasteiger partial charge in [-0.25, -0.2) is 0 Å². The SMILES string of the molecule is O=C(O)C(Cl)CN1CCN(C2CC2)CC1. The Kier molecular flexibility index (Phi) is 3.49. The van der Waals surface area contributed by atoms with E-state index < -0.39 is 11.3 Å². The second-order valence-electron chi connectivity index (χ2n) is 4.37. The van der Waals surface area contributed by atoms with Crippen LogP contribution in [0.5, 0.6) is 0 Å². The Balaban J connectivity index is 1.70. The van der Waals surface area contributed by atoms with Crippen molar-refractivity contribution in [1.82, 2.24) is 9.80 Å². The zero-order chi connectivity index (χ0) is 10.8. The number of alkyl halides is 1. The van der Waals surface area contributed by atoms with Crippen LogP contribution in [0.3, 0.4) is 0 Å². The minimum absolute atomic E-state index is 0.468. The Morgan fingerprint density at radius 1 is 1.33 bits per heavy atom. The van der Waals surface area contributed by atoms with Gasteiger partial charge >= 0.3 is 5.97 Å². The van der Waals surface area contributed by atoms with Crippen LogP contribution in [0, 0.1) is 0 Å². The molecule has 1 saturated carbocycles. The van der Waals surface area contributed by atoms with Crippen LogP contribution in [0.2, 0.25) is 0 Å². The van der Waals surface area contributed by atoms with Gasteiger partial charge in [-0.05, 0) is 12.8 Å². The molecule has 1 aliphatic heterocycles. The molecule has 86 valence electrons. The highest BCUT2D eigenvalue weighted by molar-refractivity contribution is 6.29. The fourth-order valence-corrected chi connectivity index (χ4v) is 2.25. The molecule has 0 aromatic rings. The van der Waals surface area contributed by atoms with Gasteiger partial charge in [0.25, 0.3) is 0 Å². The Morgan fingerprint density at radius 2 is 1.93 bits per heavy atom. The van der Waals surface area contributed by atoms with Crippen LogP contribution in [-0.2, 0) is 4.79 Å². The van der Waals surface area contributed by atoms with Crippen molar-refractivity contribution in [3.63, 3.8) is 0 Å². The van der Waals surface area contributed by atoms with E-state index in [1.165, 1.54) is 12.8 Å². The van der Waals surface area contributed by atoms with Gasteiger partial charge in [0.2, 0.25) is 0 Å². The first kappa shape index (κ1) is 11.2. The van der Waals surface area contributed by atoms with Crippen molar-refractivity contribution in [2.45, 2.75) is 24.3 Å². The number of hydrogen-bond donors (Lipinski definition) is 1. The van der Waals surface area contributed by atoms with Gasteiger partial charge in [0.15, 0.2) is 0 Å². The van der Waals surface area contributed by atoms with E-state index >= 15 is 0 Å². The van der Waals surface area contributed by atoms with Gasteiger partial charge in [0, 0.05) is 38.8 Å². The predicted octanol–water partition coefficient (Wildman–Crippen LogP) is 0.458. The molecule has 0 aromatic heterocycles. The Hall–Kier alpha value is -0.320. The summed E-state index contributed by atoms with van der Waals surface area (Å²) < 4.78 is 0. The highest BCUT2D eigenvalue weighted by Crippen LogP contribution is 2.27. The Bertz CT molecular complexity index is 238. The van der Waals surface area contributed by atoms with Gasteiger partial charge in [-0.15, -0.1) is 11.6 Å². The summed E-state index contributed by atoms with van der Waals surface area (Å²) in [4.78, 5) is 15.2. The second kappa shape index (κ2) is 4.68. The summed E-state index contributed by atoms with van der Waals surface area (Å²) in [5, 5.41) is 7.93. The molecule has 0 spiro atoms. The van der Waals surface area contributed by atoms with Crippen molar-refractivity contribution >= 4 is 17.6 Å². The van der Waals surface area contributed by atoms with Crippen molar-refractivity contribution in [2.24, 2.45) is 0 Å². The predicted molar refractivity (Wildman–Crippen MR) is 58.3 cm³/mol. The van der Waals surface area contributed by atoms with E-state index in [2.05, 4.69) is 9.80 Å². The monoisotopic (exact) mass is 232 g/mol. The van der Waals surface area contributed by atoms with Crippen LogP contribution >= 0.6 is 11.6 Å². The first-order valence-corrected chi connectivity index (χ1v) is 5.94. The van der Waals surface area contributed by atoms with E-state index in [1.54, 1.807) is 0 Å². The molecule has 1 heterocycles. The van der Waals surface area contributed by atoms with E-state index in [4.69, 9.17) is 16.7 Å². The number of hydrogen-bond acceptors (Lipinski definition) is 3. The zero-order valence-electron chi connectivity index (χ0n) is 8.73. The van der Waals surface area contributed by atoms with E-state index in [0.717, 1.165) is 32.2 Å². The van der Waals surface area contributed by atoms with E-state index in [9.17, 15) is 4.79 Å². The van der Waals surface area contributed by atoms with Crippen LogP contribution in [0.1, 0.15) is 12.8 Å². The molecule has 0 amide bonds. The van der Waals surface area contributed by atoms with Gasteiger partial charge in [-0.2, -0.15) is 0 Å². The summed E-state index contributed by atoms with van der Waals surface area (Å²) in [5.41, 5.74) is 0. The summed E-state index contributed by atoms with van der Waals surface area (Å²) in [5.74, 6) is -0.915. The molecular weight excluding hydrogens is 216 g/mol. The maximum Gasteiger partial charge on any atom is 0.322 e. The normalized spacial score (nSPS) is 26.5. The molecule has 0 aromatic carbocycles. The Morgan fingerprint density at radius 3 is 2.40 bits per heavy atom. The van der Waals surface area contributed by atoms with Crippen LogP contribution in [-0.4, -0.2) is 65.0 Å². The maximum atomic E-state index is 10.6. The lowest BCUT2D eigenvalue weighted by Crippen LogP contribution is -2.49. The highest BCUT2D eigenvalue weighted by Gasteiger charge is 2.31. The van der Waals surface area contributed by atoms with Crippen LogP contribution in [0.25, 0.3) is 0 Å². The second-order valence-corrected chi connectivity index (χ2v) is 4.90.